The molecular formula is C83H54N2. The molecule has 0 atom stereocenters. The molecule has 0 radical (unpaired) electrons. The van der Waals surface area contributed by atoms with Crippen LogP contribution in [-0.4, -0.2) is 9.97 Å². The van der Waals surface area contributed by atoms with Crippen molar-refractivity contribution in [2.24, 2.45) is 0 Å². The summed E-state index contributed by atoms with van der Waals surface area (Å²) in [6.45, 7) is 4.70. The molecule has 0 bridgehead atoms. The summed E-state index contributed by atoms with van der Waals surface area (Å²) < 4.78 is 0. The van der Waals surface area contributed by atoms with Gasteiger partial charge in [0.2, 0.25) is 0 Å². The van der Waals surface area contributed by atoms with Gasteiger partial charge in [-0.15, -0.1) is 0 Å². The van der Waals surface area contributed by atoms with Crippen LogP contribution in [0.3, 0.4) is 0 Å². The summed E-state index contributed by atoms with van der Waals surface area (Å²) in [5.41, 5.74) is 22.3. The van der Waals surface area contributed by atoms with E-state index in [1.54, 1.807) is 0 Å². The van der Waals surface area contributed by atoms with Crippen LogP contribution in [0, 0.1) is 0 Å². The Morgan fingerprint density at radius 3 is 1.25 bits per heavy atom. The van der Waals surface area contributed by atoms with Gasteiger partial charge in [0.1, 0.15) is 0 Å². The first kappa shape index (κ1) is 48.9. The minimum absolute atomic E-state index is 0.0575. The number of hydrogen-bond acceptors (Lipinski definition) is 2. The number of pyridine rings is 2. The molecule has 2 heteroatoms. The lowest BCUT2D eigenvalue weighted by Crippen LogP contribution is -2.14. The average Bonchev–Trinajstić information content (AvgIpc) is 3.95. The van der Waals surface area contributed by atoms with E-state index >= 15 is 0 Å². The first-order valence-corrected chi connectivity index (χ1v) is 29.5. The molecule has 0 saturated heterocycles. The van der Waals surface area contributed by atoms with E-state index in [2.05, 4.69) is 287 Å². The third-order valence-corrected chi connectivity index (χ3v) is 18.7. The van der Waals surface area contributed by atoms with Crippen LogP contribution in [-0.2, 0) is 5.41 Å². The molecule has 0 unspecified atom stereocenters. The van der Waals surface area contributed by atoms with E-state index in [0.717, 1.165) is 10.8 Å². The molecule has 0 aliphatic heterocycles. The van der Waals surface area contributed by atoms with Gasteiger partial charge in [-0.2, -0.15) is 0 Å². The Morgan fingerprint density at radius 2 is 0.624 bits per heavy atom. The minimum Gasteiger partial charge on any atom is -0.264 e. The minimum atomic E-state index is -0.0575. The Bertz CT molecular complexity index is 5320. The number of nitrogens with zero attached hydrogens (tertiary/aromatic N) is 2. The van der Waals surface area contributed by atoms with Crippen LogP contribution in [0.5, 0.6) is 0 Å². The van der Waals surface area contributed by atoms with Gasteiger partial charge in [0.15, 0.2) is 0 Å². The van der Waals surface area contributed by atoms with Crippen molar-refractivity contribution >= 4 is 75.4 Å². The molecule has 0 saturated carbocycles. The van der Waals surface area contributed by atoms with Gasteiger partial charge < -0.3 is 0 Å². The Labute approximate surface area is 493 Å². The van der Waals surface area contributed by atoms with E-state index in [1.165, 1.54) is 165 Å². The molecule has 2 heterocycles. The smallest absolute Gasteiger partial charge is 0.0353 e. The predicted molar refractivity (Wildman–Crippen MR) is 360 cm³/mol. The third kappa shape index (κ3) is 7.58. The summed E-state index contributed by atoms with van der Waals surface area (Å²) >= 11 is 0. The van der Waals surface area contributed by atoms with Crippen LogP contribution < -0.4 is 0 Å². The molecule has 0 spiro atoms. The molecular weight excluding hydrogens is 1020 g/mol. The lowest BCUT2D eigenvalue weighted by atomic mass is 9.81. The molecule has 14 aromatic carbocycles. The molecule has 1 aliphatic rings. The standard InChI is InChI=1S/C83H54N2/c1-83(2)77-30-10-9-17-66(77)67-42-41-57(48-78(67)83)52-31-36-54(37-32-52)80-71-20-7-8-21-72(71)82(74-44-46-85-50-76(74)80)68-29-14-27-64-63(26-13-28-65(64)68)62-25-12-23-60-59(22-11-24-61(60)62)53-34-38-55(39-35-53)79-69-18-5-6-19-70(69)81(73-43-45-84-49-75(73)79)58-40-33-51-15-3-4-16-56(51)47-58/h3-50H,1-2H3. The van der Waals surface area contributed by atoms with Crippen molar-refractivity contribution in [1.29, 1.82) is 0 Å². The summed E-state index contributed by atoms with van der Waals surface area (Å²) in [6, 6.07) is 99.2. The normalized spacial score (nSPS) is 12.7. The SMILES string of the molecule is CC1(C)c2ccccc2-c2ccc(-c3ccc(-c4c5ccccc5c(-c5cccc6c(-c7cccc8c(-c9ccc(-c%10c%11ccccc%11c(-c%11ccc%12ccccc%12c%11)c%11ccncc%10%11)cc9)cccc78)cccc56)c5ccncc45)cc3)cc21. The van der Waals surface area contributed by atoms with Gasteiger partial charge in [-0.05, 0) is 189 Å². The second kappa shape index (κ2) is 19.1. The molecule has 85 heavy (non-hydrogen) atoms. The van der Waals surface area contributed by atoms with E-state index < -0.39 is 0 Å². The maximum absolute atomic E-state index is 4.80. The Hall–Kier alpha value is -10.8. The van der Waals surface area contributed by atoms with Gasteiger partial charge in [-0.1, -0.05) is 257 Å². The Kier molecular flexibility index (Phi) is 11.0. The first-order valence-electron chi connectivity index (χ1n) is 29.5. The van der Waals surface area contributed by atoms with Crippen molar-refractivity contribution in [3.05, 3.63) is 303 Å². The van der Waals surface area contributed by atoms with E-state index in [-0.39, 0.29) is 5.41 Å². The average molecular weight is 1080 g/mol. The zero-order valence-electron chi connectivity index (χ0n) is 47.1. The number of benzene rings is 14. The van der Waals surface area contributed by atoms with Crippen molar-refractivity contribution in [3.8, 4) is 89.0 Å². The summed E-state index contributed by atoms with van der Waals surface area (Å²) in [6.07, 6.45) is 7.99. The maximum atomic E-state index is 4.80. The van der Waals surface area contributed by atoms with Crippen LogP contribution in [0.2, 0.25) is 0 Å². The lowest BCUT2D eigenvalue weighted by molar-refractivity contribution is 0.660. The molecule has 1 aliphatic carbocycles. The van der Waals surface area contributed by atoms with Crippen molar-refractivity contribution in [2.75, 3.05) is 0 Å². The van der Waals surface area contributed by atoms with Gasteiger partial charge >= 0.3 is 0 Å². The third-order valence-electron chi connectivity index (χ3n) is 18.7. The summed E-state index contributed by atoms with van der Waals surface area (Å²) in [5, 5.41) is 16.9. The molecule has 0 N–H and O–H groups in total. The van der Waals surface area contributed by atoms with Gasteiger partial charge in [0.05, 0.1) is 0 Å². The zero-order chi connectivity index (χ0) is 56.3. The van der Waals surface area contributed by atoms with Gasteiger partial charge in [-0.3, -0.25) is 9.97 Å². The quantitative estimate of drug-likeness (QED) is 0.149. The fourth-order valence-electron chi connectivity index (χ4n) is 14.7. The largest absolute Gasteiger partial charge is 0.264 e. The van der Waals surface area contributed by atoms with Gasteiger partial charge in [0, 0.05) is 41.0 Å². The van der Waals surface area contributed by atoms with Crippen molar-refractivity contribution in [2.45, 2.75) is 19.3 Å². The van der Waals surface area contributed by atoms with Crippen LogP contribution in [0.25, 0.3) is 164 Å². The number of hydrogen-bond donors (Lipinski definition) is 0. The van der Waals surface area contributed by atoms with Crippen molar-refractivity contribution in [3.63, 3.8) is 0 Å². The number of aromatic nitrogens is 2. The fraction of sp³-hybridized carbons (Fsp3) is 0.0361. The molecule has 2 aromatic heterocycles. The molecule has 2 nitrogen and oxygen atoms in total. The highest BCUT2D eigenvalue weighted by atomic mass is 14.6. The highest BCUT2D eigenvalue weighted by Crippen LogP contribution is 2.51. The fourth-order valence-corrected chi connectivity index (χ4v) is 14.7. The number of rotatable bonds is 7. The number of fused-ring (bicyclic) bond motifs is 10. The Morgan fingerprint density at radius 1 is 0.224 bits per heavy atom. The Balaban J connectivity index is 0.744. The zero-order valence-corrected chi connectivity index (χ0v) is 47.1. The summed E-state index contributed by atoms with van der Waals surface area (Å²) in [7, 11) is 0. The van der Waals surface area contributed by atoms with E-state index in [1.807, 2.05) is 18.6 Å². The molecule has 396 valence electrons. The van der Waals surface area contributed by atoms with Crippen LogP contribution >= 0.6 is 0 Å². The monoisotopic (exact) mass is 1080 g/mol. The molecule has 0 amide bonds. The van der Waals surface area contributed by atoms with E-state index in [9.17, 15) is 0 Å². The van der Waals surface area contributed by atoms with E-state index in [4.69, 9.17) is 9.97 Å². The van der Waals surface area contributed by atoms with Gasteiger partial charge in [0.25, 0.3) is 0 Å². The second-order valence-electron chi connectivity index (χ2n) is 23.5. The van der Waals surface area contributed by atoms with Crippen molar-refractivity contribution < 1.29 is 0 Å². The molecule has 0 fully saturated rings. The van der Waals surface area contributed by atoms with E-state index in [0.29, 0.717) is 0 Å². The highest BCUT2D eigenvalue weighted by Gasteiger charge is 2.35. The second-order valence-corrected chi connectivity index (χ2v) is 23.5. The van der Waals surface area contributed by atoms with Crippen LogP contribution in [0.4, 0.5) is 0 Å². The van der Waals surface area contributed by atoms with Crippen molar-refractivity contribution in [1.82, 2.24) is 9.97 Å². The maximum Gasteiger partial charge on any atom is 0.0353 e. The lowest BCUT2D eigenvalue weighted by Gasteiger charge is -2.22. The van der Waals surface area contributed by atoms with Crippen LogP contribution in [0.15, 0.2) is 292 Å². The van der Waals surface area contributed by atoms with Crippen LogP contribution in [0.1, 0.15) is 25.0 Å². The summed E-state index contributed by atoms with van der Waals surface area (Å²) in [5.74, 6) is 0. The first-order chi connectivity index (χ1) is 41.9. The highest BCUT2D eigenvalue weighted by molar-refractivity contribution is 6.25. The van der Waals surface area contributed by atoms with Gasteiger partial charge in [-0.25, -0.2) is 0 Å². The summed E-state index contributed by atoms with van der Waals surface area (Å²) in [4.78, 5) is 9.52. The topological polar surface area (TPSA) is 25.8 Å². The molecule has 17 rings (SSSR count). The molecule has 16 aromatic rings. The predicted octanol–water partition coefficient (Wildman–Crippen LogP) is 22.5.